The molecule has 3 aromatic rings. The second kappa shape index (κ2) is 6.11. The first kappa shape index (κ1) is 16.0. The molecule has 0 aliphatic carbocycles. The standard InChI is InChI=1S/C19H15N3O4/c1-10-13-8-11(6-7-14(13)20-18(10)24)16(23)9-26-19(25)17-12-4-2-3-5-15(12)21-22-17/h2-8,10H,9H2,1H3,(H,20,24)(H,21,22)/t10-/m0/s1. The molecule has 1 aliphatic heterocycles. The van der Waals surface area contributed by atoms with Crippen molar-refractivity contribution in [3.05, 3.63) is 59.3 Å². The van der Waals surface area contributed by atoms with Gasteiger partial charge in [0.05, 0.1) is 11.4 Å². The molecule has 0 bridgehead atoms. The lowest BCUT2D eigenvalue weighted by molar-refractivity contribution is -0.116. The quantitative estimate of drug-likeness (QED) is 0.557. The third-order valence-electron chi connectivity index (χ3n) is 4.49. The van der Waals surface area contributed by atoms with Crippen LogP contribution in [0.2, 0.25) is 0 Å². The van der Waals surface area contributed by atoms with Gasteiger partial charge in [-0.25, -0.2) is 4.79 Å². The van der Waals surface area contributed by atoms with Gasteiger partial charge in [-0.3, -0.25) is 14.7 Å². The molecule has 4 rings (SSSR count). The number of anilines is 1. The van der Waals surface area contributed by atoms with Gasteiger partial charge >= 0.3 is 5.97 Å². The molecule has 0 spiro atoms. The summed E-state index contributed by atoms with van der Waals surface area (Å²) in [5.74, 6) is -1.41. The smallest absolute Gasteiger partial charge is 0.359 e. The number of hydrogen-bond acceptors (Lipinski definition) is 5. The molecule has 7 heteroatoms. The fourth-order valence-electron chi connectivity index (χ4n) is 2.99. The summed E-state index contributed by atoms with van der Waals surface area (Å²) in [6.07, 6.45) is 0. The number of ether oxygens (including phenoxy) is 1. The molecule has 26 heavy (non-hydrogen) atoms. The van der Waals surface area contributed by atoms with Crippen molar-refractivity contribution in [3.8, 4) is 0 Å². The predicted molar refractivity (Wildman–Crippen MR) is 94.2 cm³/mol. The Bertz CT molecular complexity index is 1050. The molecule has 0 radical (unpaired) electrons. The molecule has 1 aromatic heterocycles. The number of esters is 1. The normalized spacial score (nSPS) is 15.6. The lowest BCUT2D eigenvalue weighted by Crippen LogP contribution is -2.15. The van der Waals surface area contributed by atoms with Crippen LogP contribution < -0.4 is 5.32 Å². The zero-order valence-corrected chi connectivity index (χ0v) is 13.9. The van der Waals surface area contributed by atoms with Gasteiger partial charge in [0.15, 0.2) is 18.1 Å². The lowest BCUT2D eigenvalue weighted by atomic mass is 9.99. The van der Waals surface area contributed by atoms with E-state index < -0.39 is 12.6 Å². The minimum absolute atomic E-state index is 0.0959. The van der Waals surface area contributed by atoms with Gasteiger partial charge in [-0.05, 0) is 36.8 Å². The van der Waals surface area contributed by atoms with Crippen LogP contribution >= 0.6 is 0 Å². The molecule has 0 fully saturated rings. The Morgan fingerprint density at radius 3 is 2.85 bits per heavy atom. The van der Waals surface area contributed by atoms with E-state index in [9.17, 15) is 14.4 Å². The van der Waals surface area contributed by atoms with Crippen molar-refractivity contribution in [2.75, 3.05) is 11.9 Å². The lowest BCUT2D eigenvalue weighted by Gasteiger charge is -2.06. The van der Waals surface area contributed by atoms with Crippen LogP contribution in [0.5, 0.6) is 0 Å². The molecule has 2 heterocycles. The van der Waals surface area contributed by atoms with Crippen molar-refractivity contribution in [1.82, 2.24) is 10.2 Å². The number of rotatable bonds is 4. The highest BCUT2D eigenvalue weighted by molar-refractivity contribution is 6.06. The number of fused-ring (bicyclic) bond motifs is 2. The molecule has 0 unspecified atom stereocenters. The van der Waals surface area contributed by atoms with Crippen molar-refractivity contribution >= 4 is 34.3 Å². The Hall–Kier alpha value is -3.48. The first-order valence-electron chi connectivity index (χ1n) is 8.13. The summed E-state index contributed by atoms with van der Waals surface area (Å²) >= 11 is 0. The maximum absolute atomic E-state index is 12.4. The number of para-hydroxylation sites is 1. The zero-order chi connectivity index (χ0) is 18.3. The van der Waals surface area contributed by atoms with Crippen LogP contribution in [0, 0.1) is 0 Å². The van der Waals surface area contributed by atoms with Crippen LogP contribution in [0.15, 0.2) is 42.5 Å². The Morgan fingerprint density at radius 1 is 1.19 bits per heavy atom. The highest BCUT2D eigenvalue weighted by Crippen LogP contribution is 2.32. The molecular formula is C19H15N3O4. The number of carbonyl (C=O) groups excluding carboxylic acids is 3. The maximum atomic E-state index is 12.4. The molecular weight excluding hydrogens is 334 g/mol. The van der Waals surface area contributed by atoms with Crippen LogP contribution in [0.1, 0.15) is 39.3 Å². The number of aromatic nitrogens is 2. The van der Waals surface area contributed by atoms with Crippen molar-refractivity contribution in [3.63, 3.8) is 0 Å². The summed E-state index contributed by atoms with van der Waals surface area (Å²) in [4.78, 5) is 36.3. The molecule has 130 valence electrons. The number of H-pyrrole nitrogens is 1. The Kier molecular flexibility index (Phi) is 3.76. The molecule has 2 aromatic carbocycles. The van der Waals surface area contributed by atoms with Gasteiger partial charge in [0, 0.05) is 16.6 Å². The van der Waals surface area contributed by atoms with Crippen molar-refractivity contribution in [1.29, 1.82) is 0 Å². The summed E-state index contributed by atoms with van der Waals surface area (Å²) in [7, 11) is 0. The number of hydrogen-bond donors (Lipinski definition) is 2. The van der Waals surface area contributed by atoms with Gasteiger partial charge < -0.3 is 10.1 Å². The minimum atomic E-state index is -0.665. The van der Waals surface area contributed by atoms with Gasteiger partial charge in [-0.15, -0.1) is 0 Å². The molecule has 0 saturated carbocycles. The van der Waals surface area contributed by atoms with Crippen LogP contribution in [-0.2, 0) is 9.53 Å². The first-order chi connectivity index (χ1) is 12.5. The number of nitrogens with zero attached hydrogens (tertiary/aromatic N) is 1. The maximum Gasteiger partial charge on any atom is 0.359 e. The van der Waals surface area contributed by atoms with Crippen molar-refractivity contribution in [2.45, 2.75) is 12.8 Å². The summed E-state index contributed by atoms with van der Waals surface area (Å²) < 4.78 is 5.12. The number of ketones is 1. The Morgan fingerprint density at radius 2 is 2.00 bits per heavy atom. The minimum Gasteiger partial charge on any atom is -0.452 e. The summed E-state index contributed by atoms with van der Waals surface area (Å²) in [5, 5.41) is 10.1. The van der Waals surface area contributed by atoms with E-state index >= 15 is 0 Å². The highest BCUT2D eigenvalue weighted by Gasteiger charge is 2.27. The van der Waals surface area contributed by atoms with E-state index in [1.807, 2.05) is 6.07 Å². The molecule has 1 aliphatic rings. The van der Waals surface area contributed by atoms with E-state index in [1.165, 1.54) is 0 Å². The number of Topliss-reactive ketones (excluding diaryl/α,β-unsaturated/α-hetero) is 1. The summed E-state index contributed by atoms with van der Waals surface area (Å²) in [5.41, 5.74) is 2.73. The molecule has 1 atom stereocenters. The van der Waals surface area contributed by atoms with Gasteiger partial charge in [-0.1, -0.05) is 18.2 Å². The van der Waals surface area contributed by atoms with Gasteiger partial charge in [0.1, 0.15) is 0 Å². The van der Waals surface area contributed by atoms with E-state index in [0.29, 0.717) is 16.6 Å². The fraction of sp³-hybridized carbons (Fsp3) is 0.158. The molecule has 0 saturated heterocycles. The SMILES string of the molecule is C[C@@H]1C(=O)Nc2ccc(C(=O)COC(=O)c3n[nH]c4ccccc34)cc21. The number of nitrogens with one attached hydrogen (secondary N) is 2. The van der Waals surface area contributed by atoms with Gasteiger partial charge in [-0.2, -0.15) is 5.10 Å². The zero-order valence-electron chi connectivity index (χ0n) is 13.9. The van der Waals surface area contributed by atoms with E-state index in [2.05, 4.69) is 15.5 Å². The van der Waals surface area contributed by atoms with Crippen LogP contribution in [0.25, 0.3) is 10.9 Å². The molecule has 7 nitrogen and oxygen atoms in total. The van der Waals surface area contributed by atoms with Crippen LogP contribution in [0.3, 0.4) is 0 Å². The highest BCUT2D eigenvalue weighted by atomic mass is 16.5. The second-order valence-electron chi connectivity index (χ2n) is 6.13. The van der Waals surface area contributed by atoms with E-state index in [0.717, 1.165) is 11.1 Å². The van der Waals surface area contributed by atoms with E-state index in [1.54, 1.807) is 43.3 Å². The van der Waals surface area contributed by atoms with Gasteiger partial charge in [0.25, 0.3) is 0 Å². The molecule has 2 N–H and O–H groups in total. The van der Waals surface area contributed by atoms with Gasteiger partial charge in [0.2, 0.25) is 5.91 Å². The Balaban J connectivity index is 1.48. The Labute approximate surface area is 148 Å². The first-order valence-corrected chi connectivity index (χ1v) is 8.13. The average Bonchev–Trinajstić information content (AvgIpc) is 3.21. The second-order valence-corrected chi connectivity index (χ2v) is 6.13. The third kappa shape index (κ3) is 2.63. The van der Waals surface area contributed by atoms with E-state index in [-0.39, 0.29) is 23.3 Å². The summed E-state index contributed by atoms with van der Waals surface area (Å²) in [6, 6.07) is 12.1. The predicted octanol–water partition coefficient (Wildman–Crippen LogP) is 2.66. The number of aromatic amines is 1. The summed E-state index contributed by atoms with van der Waals surface area (Å²) in [6.45, 7) is 1.38. The monoisotopic (exact) mass is 349 g/mol. The fourth-order valence-corrected chi connectivity index (χ4v) is 2.99. The number of benzene rings is 2. The third-order valence-corrected chi connectivity index (χ3v) is 4.49. The average molecular weight is 349 g/mol. The largest absolute Gasteiger partial charge is 0.452 e. The van der Waals surface area contributed by atoms with Crippen molar-refractivity contribution < 1.29 is 19.1 Å². The number of amides is 1. The number of carbonyl (C=O) groups is 3. The van der Waals surface area contributed by atoms with Crippen LogP contribution in [0.4, 0.5) is 5.69 Å². The van der Waals surface area contributed by atoms with Crippen molar-refractivity contribution in [2.24, 2.45) is 0 Å². The van der Waals surface area contributed by atoms with E-state index in [4.69, 9.17) is 4.74 Å². The van der Waals surface area contributed by atoms with Crippen LogP contribution in [-0.4, -0.2) is 34.5 Å². The molecule has 1 amide bonds. The topological polar surface area (TPSA) is 101 Å².